The Morgan fingerprint density at radius 1 is 1.24 bits per heavy atom. The molecule has 2 heterocycles. The highest BCUT2D eigenvalue weighted by Gasteiger charge is 2.42. The zero-order chi connectivity index (χ0) is 15.7. The van der Waals surface area contributed by atoms with Gasteiger partial charge in [0, 0.05) is 19.1 Å². The number of rotatable bonds is 2. The van der Waals surface area contributed by atoms with Crippen molar-refractivity contribution in [1.29, 1.82) is 0 Å². The fourth-order valence-electron chi connectivity index (χ4n) is 2.69. The minimum absolute atomic E-state index is 0.0335. The molecule has 0 bridgehead atoms. The molecule has 2 aliphatic rings. The molecule has 2 atom stereocenters. The number of hydrogen-bond acceptors (Lipinski definition) is 6. The number of amides is 1. The summed E-state index contributed by atoms with van der Waals surface area (Å²) in [5.74, 6) is 0.0434. The summed E-state index contributed by atoms with van der Waals surface area (Å²) in [6.45, 7) is 7.89. The van der Waals surface area contributed by atoms with Crippen molar-refractivity contribution < 1.29 is 22.7 Å². The van der Waals surface area contributed by atoms with Crippen molar-refractivity contribution in [2.75, 3.05) is 37.8 Å². The molecule has 1 N–H and O–H groups in total. The zero-order valence-corrected chi connectivity index (χ0v) is 13.6. The Balaban J connectivity index is 2.02. The number of carbonyl (C=O) groups is 1. The van der Waals surface area contributed by atoms with Crippen molar-refractivity contribution in [3.8, 4) is 0 Å². The third kappa shape index (κ3) is 4.82. The Kier molecular flexibility index (Phi) is 4.79. The van der Waals surface area contributed by atoms with Crippen molar-refractivity contribution in [3.05, 3.63) is 0 Å². The molecule has 1 amide bonds. The lowest BCUT2D eigenvalue weighted by Gasteiger charge is -2.35. The first kappa shape index (κ1) is 16.5. The van der Waals surface area contributed by atoms with E-state index in [1.807, 2.05) is 0 Å². The second-order valence-electron chi connectivity index (χ2n) is 6.55. The van der Waals surface area contributed by atoms with E-state index in [-0.39, 0.29) is 17.5 Å². The van der Waals surface area contributed by atoms with E-state index in [4.69, 9.17) is 9.47 Å². The Labute approximate surface area is 125 Å². The maximum Gasteiger partial charge on any atom is 0.407 e. The van der Waals surface area contributed by atoms with E-state index in [0.29, 0.717) is 26.3 Å². The van der Waals surface area contributed by atoms with Crippen LogP contribution in [0.15, 0.2) is 0 Å². The van der Waals surface area contributed by atoms with Gasteiger partial charge >= 0.3 is 6.09 Å². The SMILES string of the molecule is CC(C)(C)OC(=O)N[C@H]1CS(=O)(=O)C[C@@H]1N1CCOCC1. The highest BCUT2D eigenvalue weighted by atomic mass is 32.2. The number of alkyl carbamates (subject to hydrolysis) is 1. The highest BCUT2D eigenvalue weighted by Crippen LogP contribution is 2.20. The molecule has 21 heavy (non-hydrogen) atoms. The summed E-state index contributed by atoms with van der Waals surface area (Å²) in [6.07, 6.45) is -0.567. The van der Waals surface area contributed by atoms with Crippen molar-refractivity contribution in [1.82, 2.24) is 10.2 Å². The summed E-state index contributed by atoms with van der Waals surface area (Å²) in [4.78, 5) is 14.0. The van der Waals surface area contributed by atoms with Crippen molar-refractivity contribution in [2.45, 2.75) is 38.5 Å². The number of morpholine rings is 1. The average Bonchev–Trinajstić information content (AvgIpc) is 2.63. The van der Waals surface area contributed by atoms with Crippen molar-refractivity contribution in [2.24, 2.45) is 0 Å². The van der Waals surface area contributed by atoms with Crippen LogP contribution >= 0.6 is 0 Å². The first-order valence-electron chi connectivity index (χ1n) is 7.18. The molecule has 2 fully saturated rings. The molecule has 0 aromatic carbocycles. The molecule has 122 valence electrons. The minimum Gasteiger partial charge on any atom is -0.444 e. The van der Waals surface area contributed by atoms with E-state index in [2.05, 4.69) is 10.2 Å². The number of nitrogens with zero attached hydrogens (tertiary/aromatic N) is 1. The number of nitrogens with one attached hydrogen (secondary N) is 1. The van der Waals surface area contributed by atoms with Gasteiger partial charge < -0.3 is 14.8 Å². The van der Waals surface area contributed by atoms with Gasteiger partial charge in [0.05, 0.1) is 30.8 Å². The van der Waals surface area contributed by atoms with Gasteiger partial charge in [0.2, 0.25) is 0 Å². The average molecular weight is 320 g/mol. The standard InChI is InChI=1S/C13H24N2O5S/c1-13(2,3)20-12(16)14-10-8-21(17,18)9-11(10)15-4-6-19-7-5-15/h10-11H,4-9H2,1-3H3,(H,14,16)/t10-,11-/m0/s1. The van der Waals surface area contributed by atoms with Gasteiger partial charge in [0.1, 0.15) is 5.60 Å². The first-order chi connectivity index (χ1) is 9.66. The van der Waals surface area contributed by atoms with Crippen LogP contribution in [0.4, 0.5) is 4.79 Å². The second kappa shape index (κ2) is 6.10. The van der Waals surface area contributed by atoms with Crippen LogP contribution in [0.1, 0.15) is 20.8 Å². The maximum atomic E-state index is 11.9. The molecule has 2 aliphatic heterocycles. The Hall–Kier alpha value is -0.860. The van der Waals surface area contributed by atoms with E-state index >= 15 is 0 Å². The quantitative estimate of drug-likeness (QED) is 0.771. The van der Waals surface area contributed by atoms with E-state index < -0.39 is 27.6 Å². The van der Waals surface area contributed by atoms with Crippen LogP contribution in [0.2, 0.25) is 0 Å². The molecular weight excluding hydrogens is 296 g/mol. The van der Waals surface area contributed by atoms with Gasteiger partial charge in [-0.05, 0) is 20.8 Å². The lowest BCUT2D eigenvalue weighted by molar-refractivity contribution is 0.0133. The van der Waals surface area contributed by atoms with Crippen LogP contribution in [0.3, 0.4) is 0 Å². The van der Waals surface area contributed by atoms with E-state index in [1.165, 1.54) is 0 Å². The number of hydrogen-bond donors (Lipinski definition) is 1. The number of ether oxygens (including phenoxy) is 2. The van der Waals surface area contributed by atoms with Crippen LogP contribution in [0, 0.1) is 0 Å². The summed E-state index contributed by atoms with van der Waals surface area (Å²) in [7, 11) is -3.14. The molecule has 0 aromatic rings. The largest absolute Gasteiger partial charge is 0.444 e. The zero-order valence-electron chi connectivity index (χ0n) is 12.8. The van der Waals surface area contributed by atoms with Crippen LogP contribution in [0.25, 0.3) is 0 Å². The van der Waals surface area contributed by atoms with Crippen LogP contribution in [-0.4, -0.2) is 74.9 Å². The lowest BCUT2D eigenvalue weighted by atomic mass is 10.1. The third-order valence-corrected chi connectivity index (χ3v) is 5.26. The summed E-state index contributed by atoms with van der Waals surface area (Å²) < 4.78 is 34.3. The van der Waals surface area contributed by atoms with Crippen molar-refractivity contribution >= 4 is 15.9 Å². The molecule has 2 saturated heterocycles. The fourth-order valence-corrected chi connectivity index (χ4v) is 4.65. The predicted octanol–water partition coefficient (Wildman–Crippen LogP) is 0.00890. The molecule has 2 rings (SSSR count). The molecule has 0 unspecified atom stereocenters. The van der Waals surface area contributed by atoms with E-state index in [9.17, 15) is 13.2 Å². The van der Waals surface area contributed by atoms with Gasteiger partial charge in [-0.25, -0.2) is 13.2 Å². The third-order valence-electron chi connectivity index (χ3n) is 3.54. The van der Waals surface area contributed by atoms with Crippen LogP contribution in [-0.2, 0) is 19.3 Å². The van der Waals surface area contributed by atoms with Crippen LogP contribution in [0.5, 0.6) is 0 Å². The van der Waals surface area contributed by atoms with Gasteiger partial charge in [0.15, 0.2) is 9.84 Å². The van der Waals surface area contributed by atoms with Gasteiger partial charge in [0.25, 0.3) is 0 Å². The Bertz CT molecular complexity index is 479. The summed E-state index contributed by atoms with van der Waals surface area (Å²) in [6, 6.07) is -0.630. The molecule has 7 nitrogen and oxygen atoms in total. The summed E-state index contributed by atoms with van der Waals surface area (Å²) >= 11 is 0. The summed E-state index contributed by atoms with van der Waals surface area (Å²) in [5.41, 5.74) is -0.601. The van der Waals surface area contributed by atoms with Gasteiger partial charge in [-0.3, -0.25) is 4.90 Å². The Morgan fingerprint density at radius 3 is 2.43 bits per heavy atom. The van der Waals surface area contributed by atoms with Gasteiger partial charge in [-0.1, -0.05) is 0 Å². The molecular formula is C13H24N2O5S. The lowest BCUT2D eigenvalue weighted by Crippen LogP contribution is -2.54. The topological polar surface area (TPSA) is 84.9 Å². The Morgan fingerprint density at radius 2 is 1.86 bits per heavy atom. The minimum atomic E-state index is -3.14. The number of sulfone groups is 1. The van der Waals surface area contributed by atoms with Gasteiger partial charge in [-0.15, -0.1) is 0 Å². The predicted molar refractivity (Wildman–Crippen MR) is 78.0 cm³/mol. The summed E-state index contributed by atoms with van der Waals surface area (Å²) in [5, 5.41) is 2.72. The molecule has 0 spiro atoms. The number of carbonyl (C=O) groups excluding carboxylic acids is 1. The molecule has 0 radical (unpaired) electrons. The second-order valence-corrected chi connectivity index (χ2v) is 8.70. The molecule has 0 aromatic heterocycles. The highest BCUT2D eigenvalue weighted by molar-refractivity contribution is 7.91. The normalized spacial score (nSPS) is 30.0. The monoisotopic (exact) mass is 320 g/mol. The first-order valence-corrected chi connectivity index (χ1v) is 9.00. The van der Waals surface area contributed by atoms with Crippen LogP contribution < -0.4 is 5.32 Å². The molecule has 8 heteroatoms. The smallest absolute Gasteiger partial charge is 0.407 e. The van der Waals surface area contributed by atoms with Crippen molar-refractivity contribution in [3.63, 3.8) is 0 Å². The van der Waals surface area contributed by atoms with E-state index in [1.54, 1.807) is 20.8 Å². The van der Waals surface area contributed by atoms with E-state index in [0.717, 1.165) is 0 Å². The molecule has 0 aliphatic carbocycles. The maximum absolute atomic E-state index is 11.9. The molecule has 0 saturated carbocycles. The van der Waals surface area contributed by atoms with Gasteiger partial charge in [-0.2, -0.15) is 0 Å². The fraction of sp³-hybridized carbons (Fsp3) is 0.923.